The van der Waals surface area contributed by atoms with Crippen molar-refractivity contribution in [3.8, 4) is 0 Å². The van der Waals surface area contributed by atoms with Crippen LogP contribution in [0, 0.1) is 5.92 Å². The normalized spacial score (nSPS) is 24.0. The summed E-state index contributed by atoms with van der Waals surface area (Å²) in [7, 11) is 0. The van der Waals surface area contributed by atoms with Gasteiger partial charge in [0.1, 0.15) is 5.69 Å². The third kappa shape index (κ3) is 3.62. The third-order valence-electron chi connectivity index (χ3n) is 6.22. The molecule has 2 atom stereocenters. The second-order valence-corrected chi connectivity index (χ2v) is 8.54. The lowest BCUT2D eigenvalue weighted by Gasteiger charge is -2.53. The smallest absolute Gasteiger partial charge is 0.272 e. The van der Waals surface area contributed by atoms with Crippen molar-refractivity contribution < 1.29 is 9.59 Å². The molecule has 2 saturated heterocycles. The number of piperidine rings is 1. The third-order valence-corrected chi connectivity index (χ3v) is 6.22. The van der Waals surface area contributed by atoms with Crippen molar-refractivity contribution >= 4 is 17.8 Å². The molecule has 2 aliphatic heterocycles. The van der Waals surface area contributed by atoms with E-state index in [2.05, 4.69) is 16.0 Å². The summed E-state index contributed by atoms with van der Waals surface area (Å²) >= 11 is 0. The SMILES string of the molecule is CC(C)c1cc(C(=O)N2CC[C@H]3[C@@H](C2)CN3C(=O)CC2=CCCC2)nc(N)n1. The summed E-state index contributed by atoms with van der Waals surface area (Å²) in [5, 5.41) is 0. The molecule has 2 N–H and O–H groups in total. The van der Waals surface area contributed by atoms with Crippen molar-refractivity contribution in [1.82, 2.24) is 19.8 Å². The Morgan fingerprint density at radius 2 is 2.11 bits per heavy atom. The molecule has 7 heteroatoms. The Kier molecular flexibility index (Phi) is 5.08. The number of fused-ring (bicyclic) bond motifs is 1. The van der Waals surface area contributed by atoms with Gasteiger partial charge in [-0.2, -0.15) is 0 Å². The number of rotatable bonds is 4. The lowest BCUT2D eigenvalue weighted by Crippen LogP contribution is -2.65. The number of nitrogen functional groups attached to an aromatic ring is 1. The first-order valence-electron chi connectivity index (χ1n) is 10.3. The first-order valence-corrected chi connectivity index (χ1v) is 10.3. The summed E-state index contributed by atoms with van der Waals surface area (Å²) in [6, 6.07) is 2.03. The second kappa shape index (κ2) is 7.53. The number of aromatic nitrogens is 2. The average Bonchev–Trinajstić information content (AvgIpc) is 3.14. The molecular weight excluding hydrogens is 354 g/mol. The molecule has 150 valence electrons. The maximum absolute atomic E-state index is 12.9. The molecule has 7 nitrogen and oxygen atoms in total. The van der Waals surface area contributed by atoms with Gasteiger partial charge in [-0.15, -0.1) is 0 Å². The summed E-state index contributed by atoms with van der Waals surface area (Å²) in [4.78, 5) is 37.8. The second-order valence-electron chi connectivity index (χ2n) is 8.54. The Hall–Kier alpha value is -2.44. The predicted molar refractivity (Wildman–Crippen MR) is 107 cm³/mol. The highest BCUT2D eigenvalue weighted by atomic mass is 16.2. The van der Waals surface area contributed by atoms with Crippen LogP contribution in [-0.4, -0.2) is 57.3 Å². The van der Waals surface area contributed by atoms with E-state index in [1.807, 2.05) is 23.6 Å². The van der Waals surface area contributed by atoms with Crippen LogP contribution in [0.25, 0.3) is 0 Å². The fourth-order valence-corrected chi connectivity index (χ4v) is 4.58. The minimum absolute atomic E-state index is 0.0877. The van der Waals surface area contributed by atoms with E-state index in [0.29, 0.717) is 31.1 Å². The van der Waals surface area contributed by atoms with E-state index in [-0.39, 0.29) is 29.7 Å². The van der Waals surface area contributed by atoms with Crippen LogP contribution < -0.4 is 5.73 Å². The van der Waals surface area contributed by atoms with Gasteiger partial charge in [0.15, 0.2) is 0 Å². The molecule has 2 fully saturated rings. The number of hydrogen-bond donors (Lipinski definition) is 1. The zero-order valence-corrected chi connectivity index (χ0v) is 16.7. The molecule has 0 saturated carbocycles. The summed E-state index contributed by atoms with van der Waals surface area (Å²) in [5.74, 6) is 0.854. The van der Waals surface area contributed by atoms with E-state index in [9.17, 15) is 9.59 Å². The minimum atomic E-state index is -0.0877. The quantitative estimate of drug-likeness (QED) is 0.806. The van der Waals surface area contributed by atoms with E-state index >= 15 is 0 Å². The largest absolute Gasteiger partial charge is 0.368 e. The van der Waals surface area contributed by atoms with Crippen LogP contribution in [0.15, 0.2) is 17.7 Å². The number of anilines is 1. The lowest BCUT2D eigenvalue weighted by atomic mass is 9.82. The highest BCUT2D eigenvalue weighted by Crippen LogP contribution is 2.34. The number of likely N-dealkylation sites (tertiary alicyclic amines) is 2. The molecule has 4 rings (SSSR count). The first kappa shape index (κ1) is 18.9. The van der Waals surface area contributed by atoms with Gasteiger partial charge in [0.25, 0.3) is 5.91 Å². The molecule has 0 radical (unpaired) electrons. The Balaban J connectivity index is 1.37. The van der Waals surface area contributed by atoms with Crippen LogP contribution >= 0.6 is 0 Å². The molecule has 0 aromatic carbocycles. The lowest BCUT2D eigenvalue weighted by molar-refractivity contribution is -0.146. The van der Waals surface area contributed by atoms with E-state index < -0.39 is 0 Å². The van der Waals surface area contributed by atoms with Crippen LogP contribution in [0.2, 0.25) is 0 Å². The van der Waals surface area contributed by atoms with E-state index in [1.165, 1.54) is 12.0 Å². The molecule has 1 aromatic rings. The van der Waals surface area contributed by atoms with Crippen LogP contribution in [0.1, 0.15) is 68.1 Å². The zero-order chi connectivity index (χ0) is 19.8. The fraction of sp³-hybridized carbons (Fsp3) is 0.619. The summed E-state index contributed by atoms with van der Waals surface area (Å²) < 4.78 is 0. The van der Waals surface area contributed by atoms with Crippen LogP contribution in [0.3, 0.4) is 0 Å². The summed E-state index contributed by atoms with van der Waals surface area (Å²) in [6.07, 6.45) is 6.98. The Bertz CT molecular complexity index is 819. The molecule has 1 aliphatic carbocycles. The molecule has 1 aromatic heterocycles. The maximum Gasteiger partial charge on any atom is 0.272 e. The van der Waals surface area contributed by atoms with Gasteiger partial charge in [-0.1, -0.05) is 25.5 Å². The van der Waals surface area contributed by atoms with Crippen molar-refractivity contribution in [2.75, 3.05) is 25.4 Å². The van der Waals surface area contributed by atoms with E-state index in [0.717, 1.165) is 31.5 Å². The Morgan fingerprint density at radius 3 is 2.79 bits per heavy atom. The number of nitrogens with two attached hydrogens (primary N) is 1. The molecular formula is C21H29N5O2. The fourth-order valence-electron chi connectivity index (χ4n) is 4.58. The molecule has 28 heavy (non-hydrogen) atoms. The molecule has 0 bridgehead atoms. The van der Waals surface area contributed by atoms with Crippen molar-refractivity contribution in [2.24, 2.45) is 5.92 Å². The highest BCUT2D eigenvalue weighted by molar-refractivity contribution is 5.93. The number of amides is 2. The van der Waals surface area contributed by atoms with E-state index in [1.54, 1.807) is 6.07 Å². The van der Waals surface area contributed by atoms with Gasteiger partial charge >= 0.3 is 0 Å². The monoisotopic (exact) mass is 383 g/mol. The topological polar surface area (TPSA) is 92.4 Å². The number of nitrogens with zero attached hydrogens (tertiary/aromatic N) is 4. The summed E-state index contributed by atoms with van der Waals surface area (Å²) in [5.41, 5.74) is 8.25. The summed E-state index contributed by atoms with van der Waals surface area (Å²) in [6.45, 7) is 6.11. The molecule has 0 unspecified atom stereocenters. The molecule has 3 heterocycles. The number of hydrogen-bond acceptors (Lipinski definition) is 5. The van der Waals surface area contributed by atoms with Crippen molar-refractivity contribution in [2.45, 2.75) is 57.9 Å². The van der Waals surface area contributed by atoms with Gasteiger partial charge in [-0.05, 0) is 37.7 Å². The average molecular weight is 383 g/mol. The van der Waals surface area contributed by atoms with Gasteiger partial charge in [0.2, 0.25) is 11.9 Å². The number of carbonyl (C=O) groups excluding carboxylic acids is 2. The van der Waals surface area contributed by atoms with Crippen molar-refractivity contribution in [3.05, 3.63) is 29.1 Å². The van der Waals surface area contributed by atoms with Crippen LogP contribution in [0.4, 0.5) is 5.95 Å². The van der Waals surface area contributed by atoms with E-state index in [4.69, 9.17) is 5.73 Å². The van der Waals surface area contributed by atoms with Gasteiger partial charge in [-0.3, -0.25) is 9.59 Å². The highest BCUT2D eigenvalue weighted by Gasteiger charge is 2.45. The van der Waals surface area contributed by atoms with Gasteiger partial charge < -0.3 is 15.5 Å². The standard InChI is InChI=1S/C21H29N5O2/c1-13(2)16-10-17(24-21(22)23-16)20(28)25-8-7-18-15(11-25)12-26(18)19(27)9-14-5-3-4-6-14/h5,10,13,15,18H,3-4,6-9,11-12H2,1-2H3,(H2,22,23,24)/t15-,18-/m0/s1. The van der Waals surface area contributed by atoms with Crippen molar-refractivity contribution in [3.63, 3.8) is 0 Å². The Labute approximate surface area is 166 Å². The zero-order valence-electron chi connectivity index (χ0n) is 16.7. The molecule has 2 amide bonds. The van der Waals surface area contributed by atoms with Crippen LogP contribution in [-0.2, 0) is 4.79 Å². The maximum atomic E-state index is 12.9. The van der Waals surface area contributed by atoms with Crippen molar-refractivity contribution in [1.29, 1.82) is 0 Å². The molecule has 3 aliphatic rings. The number of allylic oxidation sites excluding steroid dienone is 1. The van der Waals surface area contributed by atoms with Gasteiger partial charge in [-0.25, -0.2) is 9.97 Å². The Morgan fingerprint density at radius 1 is 1.29 bits per heavy atom. The van der Waals surface area contributed by atoms with Gasteiger partial charge in [0, 0.05) is 43.7 Å². The molecule has 0 spiro atoms. The number of carbonyl (C=O) groups is 2. The first-order chi connectivity index (χ1) is 13.4. The predicted octanol–water partition coefficient (Wildman–Crippen LogP) is 2.36. The van der Waals surface area contributed by atoms with Crippen LogP contribution in [0.5, 0.6) is 0 Å². The van der Waals surface area contributed by atoms with Gasteiger partial charge in [0.05, 0.1) is 0 Å². The minimum Gasteiger partial charge on any atom is -0.368 e.